The van der Waals surface area contributed by atoms with Gasteiger partial charge in [0.2, 0.25) is 17.8 Å². The second-order valence-electron chi connectivity index (χ2n) is 9.37. The van der Waals surface area contributed by atoms with Crippen LogP contribution in [0.15, 0.2) is 24.4 Å². The van der Waals surface area contributed by atoms with Gasteiger partial charge in [0.25, 0.3) is 0 Å². The summed E-state index contributed by atoms with van der Waals surface area (Å²) in [5, 5.41) is 3.22. The zero-order valence-electron chi connectivity index (χ0n) is 19.1. The van der Waals surface area contributed by atoms with Crippen molar-refractivity contribution < 1.29 is 14.3 Å². The second kappa shape index (κ2) is 8.20. The molecule has 1 spiro atoms. The van der Waals surface area contributed by atoms with Crippen molar-refractivity contribution in [1.82, 2.24) is 9.97 Å². The number of anilines is 4. The van der Waals surface area contributed by atoms with E-state index in [1.165, 1.54) is 20.0 Å². The minimum Gasteiger partial charge on any atom is -0.495 e. The lowest BCUT2D eigenvalue weighted by molar-refractivity contribution is -0.131. The van der Waals surface area contributed by atoms with Crippen LogP contribution in [0.4, 0.5) is 23.1 Å². The lowest BCUT2D eigenvalue weighted by Crippen LogP contribution is -2.52. The molecule has 2 amide bonds. The van der Waals surface area contributed by atoms with Crippen LogP contribution in [-0.2, 0) is 4.79 Å². The van der Waals surface area contributed by atoms with Crippen molar-refractivity contribution in [2.75, 3.05) is 35.8 Å². The Kier molecular flexibility index (Phi) is 5.34. The van der Waals surface area contributed by atoms with E-state index in [1.54, 1.807) is 29.3 Å². The van der Waals surface area contributed by atoms with Crippen molar-refractivity contribution in [3.05, 3.63) is 30.0 Å². The first-order valence-electron chi connectivity index (χ1n) is 11.6. The molecule has 174 valence electrons. The second-order valence-corrected chi connectivity index (χ2v) is 9.37. The number of nitrogens with zero attached hydrogens (tertiary/aromatic N) is 4. The number of nitrogens with two attached hydrogens (primary N) is 1. The Morgan fingerprint density at radius 1 is 1.24 bits per heavy atom. The maximum absolute atomic E-state index is 13.4. The number of carbonyl (C=O) groups excluding carboxylic acids is 2. The highest BCUT2D eigenvalue weighted by Crippen LogP contribution is 2.49. The average molecular weight is 451 g/mol. The zero-order chi connectivity index (χ0) is 23.2. The number of benzene rings is 1. The molecule has 5 rings (SSSR count). The minimum absolute atomic E-state index is 0.170. The van der Waals surface area contributed by atoms with Crippen LogP contribution in [0.3, 0.4) is 0 Å². The summed E-state index contributed by atoms with van der Waals surface area (Å²) < 4.78 is 5.43. The van der Waals surface area contributed by atoms with Crippen molar-refractivity contribution >= 4 is 35.0 Å². The minimum atomic E-state index is -0.522. The molecule has 0 bridgehead atoms. The van der Waals surface area contributed by atoms with Gasteiger partial charge in [-0.15, -0.1) is 0 Å². The molecule has 0 unspecified atom stereocenters. The van der Waals surface area contributed by atoms with E-state index in [0.29, 0.717) is 35.5 Å². The molecule has 2 fully saturated rings. The van der Waals surface area contributed by atoms with E-state index in [2.05, 4.69) is 15.2 Å². The third-order valence-electron chi connectivity index (χ3n) is 7.42. The molecular formula is C24H30N6O3. The van der Waals surface area contributed by atoms with Gasteiger partial charge in [-0.2, -0.15) is 4.98 Å². The molecule has 9 nitrogen and oxygen atoms in total. The Morgan fingerprint density at radius 3 is 2.64 bits per heavy atom. The maximum atomic E-state index is 13.4. The standard InChI is InChI=1S/C24H30N6O3/c1-29-18-13-26-23(27-17-9-8-15(20(25)31)12-19(17)33-2)28-21(18)30(16-6-3-4-7-16)14-24(22(29)32)10-5-11-24/h8-9,12-13,16H,3-7,10-11,14H2,1-2H3,(H2,25,31)(H,26,27,28). The van der Waals surface area contributed by atoms with E-state index in [1.807, 2.05) is 7.05 Å². The summed E-state index contributed by atoms with van der Waals surface area (Å²) in [5.74, 6) is 1.33. The smallest absolute Gasteiger partial charge is 0.248 e. The highest BCUT2D eigenvalue weighted by molar-refractivity contribution is 6.01. The summed E-state index contributed by atoms with van der Waals surface area (Å²) in [5.41, 5.74) is 6.81. The van der Waals surface area contributed by atoms with Gasteiger partial charge >= 0.3 is 0 Å². The molecule has 0 atom stereocenters. The molecule has 0 saturated heterocycles. The van der Waals surface area contributed by atoms with E-state index in [0.717, 1.165) is 43.6 Å². The molecule has 33 heavy (non-hydrogen) atoms. The van der Waals surface area contributed by atoms with E-state index in [-0.39, 0.29) is 11.3 Å². The van der Waals surface area contributed by atoms with Gasteiger partial charge in [-0.05, 0) is 43.9 Å². The number of methoxy groups -OCH3 is 1. The SMILES string of the molecule is COc1cc(C(N)=O)ccc1Nc1ncc2c(n1)N(C1CCCC1)CC1(CCC1)C(=O)N2C. The first-order chi connectivity index (χ1) is 15.9. The number of hydrogen-bond donors (Lipinski definition) is 2. The van der Waals surface area contributed by atoms with Gasteiger partial charge in [0.1, 0.15) is 11.4 Å². The summed E-state index contributed by atoms with van der Waals surface area (Å²) in [6.07, 6.45) is 9.30. The molecule has 1 aliphatic heterocycles. The summed E-state index contributed by atoms with van der Waals surface area (Å²) >= 11 is 0. The monoisotopic (exact) mass is 450 g/mol. The first kappa shape index (κ1) is 21.5. The van der Waals surface area contributed by atoms with Gasteiger partial charge < -0.3 is 25.6 Å². The number of aromatic nitrogens is 2. The van der Waals surface area contributed by atoms with Crippen LogP contribution < -0.4 is 25.6 Å². The first-order valence-corrected chi connectivity index (χ1v) is 11.6. The molecule has 3 N–H and O–H groups in total. The predicted molar refractivity (Wildman–Crippen MR) is 126 cm³/mol. The normalized spacial score (nSPS) is 19.8. The lowest BCUT2D eigenvalue weighted by atomic mass is 9.67. The summed E-state index contributed by atoms with van der Waals surface area (Å²) in [6.45, 7) is 0.709. The van der Waals surface area contributed by atoms with Gasteiger partial charge in [0.15, 0.2) is 5.82 Å². The van der Waals surface area contributed by atoms with Crippen molar-refractivity contribution in [2.45, 2.75) is 51.0 Å². The summed E-state index contributed by atoms with van der Waals surface area (Å²) in [7, 11) is 3.37. The number of primary amides is 1. The molecule has 0 radical (unpaired) electrons. The van der Waals surface area contributed by atoms with Gasteiger partial charge in [-0.1, -0.05) is 19.3 Å². The van der Waals surface area contributed by atoms with Crippen LogP contribution in [0.1, 0.15) is 55.3 Å². The highest BCUT2D eigenvalue weighted by Gasteiger charge is 2.51. The molecule has 1 aromatic carbocycles. The predicted octanol–water partition coefficient (Wildman–Crippen LogP) is 3.22. The Hall–Kier alpha value is -3.36. The Labute approximate surface area is 193 Å². The van der Waals surface area contributed by atoms with E-state index in [9.17, 15) is 9.59 Å². The van der Waals surface area contributed by atoms with Crippen LogP contribution in [0, 0.1) is 5.41 Å². The van der Waals surface area contributed by atoms with Crippen LogP contribution in [0.2, 0.25) is 0 Å². The number of amides is 2. The van der Waals surface area contributed by atoms with Gasteiger partial charge in [0, 0.05) is 25.2 Å². The number of fused-ring (bicyclic) bond motifs is 1. The molecule has 9 heteroatoms. The fraction of sp³-hybridized carbons (Fsp3) is 0.500. The van der Waals surface area contributed by atoms with Crippen molar-refractivity contribution in [1.29, 1.82) is 0 Å². The topological polar surface area (TPSA) is 114 Å². The van der Waals surface area contributed by atoms with Gasteiger partial charge in [-0.3, -0.25) is 9.59 Å². The van der Waals surface area contributed by atoms with Crippen molar-refractivity contribution in [3.8, 4) is 5.75 Å². The number of ether oxygens (including phenoxy) is 1. The van der Waals surface area contributed by atoms with E-state index >= 15 is 0 Å². The summed E-state index contributed by atoms with van der Waals surface area (Å²) in [6, 6.07) is 5.33. The average Bonchev–Trinajstić information content (AvgIpc) is 3.30. The number of hydrogen-bond acceptors (Lipinski definition) is 7. The number of rotatable bonds is 5. The molecule has 2 saturated carbocycles. The lowest BCUT2D eigenvalue weighted by Gasteiger charge is -2.44. The van der Waals surface area contributed by atoms with Crippen LogP contribution in [0.5, 0.6) is 5.75 Å². The zero-order valence-corrected chi connectivity index (χ0v) is 19.1. The third kappa shape index (κ3) is 3.65. The molecule has 1 aromatic heterocycles. The van der Waals surface area contributed by atoms with Crippen molar-refractivity contribution in [2.24, 2.45) is 11.1 Å². The van der Waals surface area contributed by atoms with Crippen LogP contribution in [-0.4, -0.2) is 48.5 Å². The highest BCUT2D eigenvalue weighted by atomic mass is 16.5. The molecular weight excluding hydrogens is 420 g/mol. The molecule has 2 aromatic rings. The maximum Gasteiger partial charge on any atom is 0.248 e. The van der Waals surface area contributed by atoms with E-state index < -0.39 is 5.91 Å². The fourth-order valence-corrected chi connectivity index (χ4v) is 5.37. The van der Waals surface area contributed by atoms with Crippen LogP contribution >= 0.6 is 0 Å². The largest absolute Gasteiger partial charge is 0.495 e. The van der Waals surface area contributed by atoms with Gasteiger partial charge in [0.05, 0.1) is 24.4 Å². The fourth-order valence-electron chi connectivity index (χ4n) is 5.37. The molecule has 2 aliphatic carbocycles. The third-order valence-corrected chi connectivity index (χ3v) is 7.42. The number of carbonyl (C=O) groups is 2. The van der Waals surface area contributed by atoms with Crippen molar-refractivity contribution in [3.63, 3.8) is 0 Å². The molecule has 2 heterocycles. The van der Waals surface area contributed by atoms with Crippen LogP contribution in [0.25, 0.3) is 0 Å². The Bertz CT molecular complexity index is 1090. The summed E-state index contributed by atoms with van der Waals surface area (Å²) in [4.78, 5) is 38.4. The molecule has 3 aliphatic rings. The Morgan fingerprint density at radius 2 is 2.00 bits per heavy atom. The Balaban J connectivity index is 1.53. The quantitative estimate of drug-likeness (QED) is 0.719. The van der Waals surface area contributed by atoms with E-state index in [4.69, 9.17) is 15.5 Å². The number of nitrogens with one attached hydrogen (secondary N) is 1. The van der Waals surface area contributed by atoms with Gasteiger partial charge in [-0.25, -0.2) is 4.98 Å².